The van der Waals surface area contributed by atoms with Crippen LogP contribution in [0.4, 0.5) is 11.4 Å². The molecular formula is C16H20N4O. The van der Waals surface area contributed by atoms with Crippen molar-refractivity contribution < 1.29 is 4.79 Å². The third kappa shape index (κ3) is 3.31. The van der Waals surface area contributed by atoms with Crippen molar-refractivity contribution in [2.24, 2.45) is 5.73 Å². The van der Waals surface area contributed by atoms with E-state index in [0.717, 1.165) is 23.6 Å². The van der Waals surface area contributed by atoms with Crippen molar-refractivity contribution in [2.45, 2.75) is 20.4 Å². The molecule has 0 radical (unpaired) electrons. The van der Waals surface area contributed by atoms with Gasteiger partial charge in [-0.3, -0.25) is 9.78 Å². The van der Waals surface area contributed by atoms with Gasteiger partial charge in [-0.15, -0.1) is 0 Å². The second kappa shape index (κ2) is 6.26. The Labute approximate surface area is 124 Å². The van der Waals surface area contributed by atoms with Gasteiger partial charge >= 0.3 is 0 Å². The first-order valence-corrected chi connectivity index (χ1v) is 6.88. The van der Waals surface area contributed by atoms with Gasteiger partial charge in [0.25, 0.3) is 5.91 Å². The highest BCUT2D eigenvalue weighted by Gasteiger charge is 2.14. The first kappa shape index (κ1) is 14.8. The Hall–Kier alpha value is -2.56. The lowest BCUT2D eigenvalue weighted by molar-refractivity contribution is 0.100. The number of nitrogens with two attached hydrogens (primary N) is 2. The minimum absolute atomic E-state index is 0.350. The van der Waals surface area contributed by atoms with Gasteiger partial charge in [-0.25, -0.2) is 0 Å². The number of hydrogen-bond acceptors (Lipinski definition) is 4. The molecule has 2 aromatic rings. The normalized spacial score (nSPS) is 10.4. The maximum Gasteiger partial charge on any atom is 0.250 e. The Kier molecular flexibility index (Phi) is 4.42. The zero-order valence-corrected chi connectivity index (χ0v) is 12.3. The van der Waals surface area contributed by atoms with Crippen LogP contribution in [0.1, 0.15) is 28.7 Å². The van der Waals surface area contributed by atoms with Crippen molar-refractivity contribution in [1.29, 1.82) is 0 Å². The summed E-state index contributed by atoms with van der Waals surface area (Å²) in [6.45, 7) is 5.38. The number of aryl methyl sites for hydroxylation is 1. The van der Waals surface area contributed by atoms with E-state index in [2.05, 4.69) is 9.88 Å². The largest absolute Gasteiger partial charge is 0.396 e. The van der Waals surface area contributed by atoms with Crippen molar-refractivity contribution in [3.8, 4) is 0 Å². The Morgan fingerprint density at radius 3 is 2.57 bits per heavy atom. The molecule has 0 spiro atoms. The van der Waals surface area contributed by atoms with Gasteiger partial charge in [0.1, 0.15) is 0 Å². The molecule has 2 rings (SSSR count). The smallest absolute Gasteiger partial charge is 0.250 e. The first-order valence-electron chi connectivity index (χ1n) is 6.88. The SMILES string of the molecule is CCN(Cc1cccc(C)n1)c1cccc(C(N)=O)c1N. The van der Waals surface area contributed by atoms with Crippen molar-refractivity contribution in [3.05, 3.63) is 53.3 Å². The zero-order chi connectivity index (χ0) is 15.4. The highest BCUT2D eigenvalue weighted by molar-refractivity contribution is 6.00. The summed E-state index contributed by atoms with van der Waals surface area (Å²) in [5, 5.41) is 0. The maximum absolute atomic E-state index is 11.4. The molecule has 4 N–H and O–H groups in total. The van der Waals surface area contributed by atoms with Gasteiger partial charge in [0, 0.05) is 12.2 Å². The quantitative estimate of drug-likeness (QED) is 0.823. The summed E-state index contributed by atoms with van der Waals surface area (Å²) in [6.07, 6.45) is 0. The van der Waals surface area contributed by atoms with E-state index in [-0.39, 0.29) is 0 Å². The highest BCUT2D eigenvalue weighted by Crippen LogP contribution is 2.27. The summed E-state index contributed by atoms with van der Waals surface area (Å²) >= 11 is 0. The summed E-state index contributed by atoms with van der Waals surface area (Å²) in [6, 6.07) is 11.2. The molecule has 110 valence electrons. The second-order valence-electron chi connectivity index (χ2n) is 4.89. The lowest BCUT2D eigenvalue weighted by atomic mass is 10.1. The fourth-order valence-corrected chi connectivity index (χ4v) is 2.29. The third-order valence-electron chi connectivity index (χ3n) is 3.37. The molecule has 0 saturated carbocycles. The second-order valence-corrected chi connectivity index (χ2v) is 4.89. The van der Waals surface area contributed by atoms with Crippen LogP contribution in [0.2, 0.25) is 0 Å². The van der Waals surface area contributed by atoms with Crippen LogP contribution in [0, 0.1) is 6.92 Å². The molecule has 0 bridgehead atoms. The van der Waals surface area contributed by atoms with Gasteiger partial charge in [-0.05, 0) is 38.1 Å². The molecule has 5 nitrogen and oxygen atoms in total. The van der Waals surface area contributed by atoms with Crippen molar-refractivity contribution in [1.82, 2.24) is 4.98 Å². The Morgan fingerprint density at radius 2 is 1.95 bits per heavy atom. The number of para-hydroxylation sites is 1. The Bertz CT molecular complexity index is 654. The van der Waals surface area contributed by atoms with Crippen LogP contribution in [0.15, 0.2) is 36.4 Å². The predicted molar refractivity (Wildman–Crippen MR) is 85.1 cm³/mol. The molecule has 0 saturated heterocycles. The van der Waals surface area contributed by atoms with Crippen molar-refractivity contribution in [2.75, 3.05) is 17.2 Å². The van der Waals surface area contributed by atoms with Crippen molar-refractivity contribution in [3.63, 3.8) is 0 Å². The average molecular weight is 284 g/mol. The summed E-state index contributed by atoms with van der Waals surface area (Å²) in [7, 11) is 0. The summed E-state index contributed by atoms with van der Waals surface area (Å²) < 4.78 is 0. The lowest BCUT2D eigenvalue weighted by Crippen LogP contribution is -2.25. The van der Waals surface area contributed by atoms with E-state index in [0.29, 0.717) is 17.8 Å². The number of anilines is 2. The van der Waals surface area contributed by atoms with E-state index in [1.165, 1.54) is 0 Å². The molecule has 1 heterocycles. The third-order valence-corrected chi connectivity index (χ3v) is 3.37. The van der Waals surface area contributed by atoms with Crippen molar-refractivity contribution >= 4 is 17.3 Å². The molecular weight excluding hydrogens is 264 g/mol. The fraction of sp³-hybridized carbons (Fsp3) is 0.250. The molecule has 21 heavy (non-hydrogen) atoms. The van der Waals surface area contributed by atoms with Gasteiger partial charge in [-0.2, -0.15) is 0 Å². The number of rotatable bonds is 5. The van der Waals surface area contributed by atoms with Gasteiger partial charge in [0.15, 0.2) is 0 Å². The molecule has 1 aromatic carbocycles. The molecule has 0 atom stereocenters. The fourth-order valence-electron chi connectivity index (χ4n) is 2.29. The number of aromatic nitrogens is 1. The number of carbonyl (C=O) groups excluding carboxylic acids is 1. The van der Waals surface area contributed by atoms with Gasteiger partial charge in [0.05, 0.1) is 29.2 Å². The standard InChI is InChI=1S/C16H20N4O/c1-3-20(10-12-7-4-6-11(2)19-12)14-9-5-8-13(15(14)17)16(18)21/h4-9H,3,10,17H2,1-2H3,(H2,18,21). The number of nitrogen functional groups attached to an aromatic ring is 1. The van der Waals surface area contributed by atoms with E-state index >= 15 is 0 Å². The average Bonchev–Trinajstić information content (AvgIpc) is 2.45. The maximum atomic E-state index is 11.4. The minimum Gasteiger partial charge on any atom is -0.396 e. The molecule has 0 aliphatic rings. The number of primary amides is 1. The van der Waals surface area contributed by atoms with E-state index in [4.69, 9.17) is 11.5 Å². The number of amides is 1. The minimum atomic E-state index is -0.515. The molecule has 0 unspecified atom stereocenters. The van der Waals surface area contributed by atoms with E-state index < -0.39 is 5.91 Å². The molecule has 0 aliphatic heterocycles. The number of pyridine rings is 1. The number of hydrogen-bond donors (Lipinski definition) is 2. The van der Waals surface area contributed by atoms with Gasteiger partial charge in [0.2, 0.25) is 0 Å². The number of carbonyl (C=O) groups is 1. The lowest BCUT2D eigenvalue weighted by Gasteiger charge is -2.25. The van der Waals surface area contributed by atoms with Crippen LogP contribution in [-0.2, 0) is 6.54 Å². The van der Waals surface area contributed by atoms with E-state index in [1.54, 1.807) is 12.1 Å². The van der Waals surface area contributed by atoms with Crippen LogP contribution in [0.5, 0.6) is 0 Å². The molecule has 1 amide bonds. The molecule has 0 fully saturated rings. The summed E-state index contributed by atoms with van der Waals surface area (Å²) in [5.74, 6) is -0.515. The highest BCUT2D eigenvalue weighted by atomic mass is 16.1. The van der Waals surface area contributed by atoms with E-state index in [1.807, 2.05) is 38.1 Å². The van der Waals surface area contributed by atoms with Crippen LogP contribution in [0.3, 0.4) is 0 Å². The Balaban J connectivity index is 2.34. The molecule has 5 heteroatoms. The topological polar surface area (TPSA) is 85.2 Å². The zero-order valence-electron chi connectivity index (χ0n) is 12.3. The van der Waals surface area contributed by atoms with Gasteiger partial charge < -0.3 is 16.4 Å². The summed E-state index contributed by atoms with van der Waals surface area (Å²) in [4.78, 5) is 18.0. The summed E-state index contributed by atoms with van der Waals surface area (Å²) in [5.41, 5.74) is 14.9. The Morgan fingerprint density at radius 1 is 1.24 bits per heavy atom. The monoisotopic (exact) mass is 284 g/mol. The molecule has 1 aromatic heterocycles. The van der Waals surface area contributed by atoms with E-state index in [9.17, 15) is 4.79 Å². The van der Waals surface area contributed by atoms with Gasteiger partial charge in [-0.1, -0.05) is 12.1 Å². The predicted octanol–water partition coefficient (Wildman–Crippen LogP) is 2.10. The van der Waals surface area contributed by atoms with Crippen LogP contribution < -0.4 is 16.4 Å². The first-order chi connectivity index (χ1) is 10.0. The van der Waals surface area contributed by atoms with Crippen LogP contribution in [-0.4, -0.2) is 17.4 Å². The van der Waals surface area contributed by atoms with Crippen LogP contribution >= 0.6 is 0 Å². The number of nitrogens with zero attached hydrogens (tertiary/aromatic N) is 2. The van der Waals surface area contributed by atoms with Crippen LogP contribution in [0.25, 0.3) is 0 Å². The molecule has 0 aliphatic carbocycles. The number of benzene rings is 1.